The second-order valence-corrected chi connectivity index (χ2v) is 23.2. The SMILES string of the molecule is CNC(=O)OC[C@H]1C#CCCOS(=O)(=O)N1.NC(=O)C[C@H]1C#CCCOS(=O)(=O)N1.NC(=O)[C@H]1C#CCCOS(=O)(=O)N1.O=C(O)C[C@H]1C#CCCOS(=O)(=O)N1.O=C(O)[C@H]1C#CCCOS(=O)(=O)N1.O=S1(=O)N[C@@H](CO)C#CCCO1. The molecule has 6 aliphatic rings. The Morgan fingerprint density at radius 2 is 0.780 bits per heavy atom. The molecule has 36 nitrogen and oxygen atoms in total. The fourth-order valence-electron chi connectivity index (χ4n) is 4.90. The van der Waals surface area contributed by atoms with Gasteiger partial charge in [-0.1, -0.05) is 71.0 Å². The van der Waals surface area contributed by atoms with E-state index in [0.717, 1.165) is 0 Å². The highest BCUT2D eigenvalue weighted by Gasteiger charge is 2.26. The highest BCUT2D eigenvalue weighted by molar-refractivity contribution is 7.86. The van der Waals surface area contributed by atoms with Gasteiger partial charge in [-0.05, 0) is 0 Å². The normalized spacial score (nSPS) is 25.6. The van der Waals surface area contributed by atoms with Crippen molar-refractivity contribution in [1.82, 2.24) is 33.6 Å². The van der Waals surface area contributed by atoms with Crippen molar-refractivity contribution < 1.29 is 120 Å². The summed E-state index contributed by atoms with van der Waals surface area (Å²) < 4.78 is 175. The van der Waals surface area contributed by atoms with Crippen LogP contribution in [0.2, 0.25) is 0 Å². The summed E-state index contributed by atoms with van der Waals surface area (Å²) in [6.45, 7) is -0.521. The summed E-state index contributed by atoms with van der Waals surface area (Å²) in [7, 11) is -21.6. The average Bonchev–Trinajstić information content (AvgIpc) is 3.32. The molecule has 14 N–H and O–H groups in total. The minimum Gasteiger partial charge on any atom is -0.481 e. The predicted octanol–water partition coefficient (Wildman–Crippen LogP) is -8.05. The zero-order chi connectivity index (χ0) is 62.0. The summed E-state index contributed by atoms with van der Waals surface area (Å²) in [5.74, 6) is 26.7. The number of ether oxygens (including phenoxy) is 1. The summed E-state index contributed by atoms with van der Waals surface area (Å²) in [6, 6.07) is -5.89. The Morgan fingerprint density at radius 1 is 0.476 bits per heavy atom. The number of aliphatic hydroxyl groups excluding tert-OH is 1. The monoisotopic (exact) mass is 1290 g/mol. The van der Waals surface area contributed by atoms with E-state index in [9.17, 15) is 74.5 Å². The number of aliphatic hydroxyl groups is 1. The van der Waals surface area contributed by atoms with Gasteiger partial charge in [-0.3, -0.25) is 39.5 Å². The van der Waals surface area contributed by atoms with E-state index in [2.05, 4.69) is 120 Å². The molecule has 0 aromatic heterocycles. The first-order valence-electron chi connectivity index (χ1n) is 22.6. The third-order valence-corrected chi connectivity index (χ3v) is 14.3. The zero-order valence-corrected chi connectivity index (χ0v) is 47.4. The second-order valence-electron chi connectivity index (χ2n) is 14.9. The van der Waals surface area contributed by atoms with Crippen LogP contribution in [0.25, 0.3) is 0 Å². The number of amides is 3. The number of carboxylic acid groups (broad SMARTS) is 2. The van der Waals surface area contributed by atoms with Crippen LogP contribution in [-0.4, -0.2) is 192 Å². The van der Waals surface area contributed by atoms with E-state index < -0.39 is 128 Å². The molecule has 6 rings (SSSR count). The maximum absolute atomic E-state index is 11.2. The minimum absolute atomic E-state index is 0.0118. The molecule has 0 spiro atoms. The van der Waals surface area contributed by atoms with Crippen molar-refractivity contribution in [2.75, 3.05) is 59.9 Å². The van der Waals surface area contributed by atoms with Crippen LogP contribution in [0, 0.1) is 71.0 Å². The van der Waals surface area contributed by atoms with E-state index in [-0.39, 0.29) is 85.0 Å². The van der Waals surface area contributed by atoms with Crippen LogP contribution < -0.4 is 45.1 Å². The topological polar surface area (TPSA) is 552 Å². The molecule has 0 radical (unpaired) electrons. The predicted molar refractivity (Wildman–Crippen MR) is 276 cm³/mol. The molecule has 0 unspecified atom stereocenters. The number of carboxylic acids is 2. The quantitative estimate of drug-likeness (QED) is 0.0954. The summed E-state index contributed by atoms with van der Waals surface area (Å²) in [6.07, 6.45) is 0.534. The van der Waals surface area contributed by atoms with Gasteiger partial charge in [0.05, 0.1) is 71.2 Å². The first kappa shape index (κ1) is 73.7. The van der Waals surface area contributed by atoms with Crippen molar-refractivity contribution in [2.45, 2.75) is 87.6 Å². The van der Waals surface area contributed by atoms with Crippen LogP contribution in [0.15, 0.2) is 0 Å². The van der Waals surface area contributed by atoms with Crippen LogP contribution in [0.1, 0.15) is 51.4 Å². The van der Waals surface area contributed by atoms with E-state index in [4.69, 9.17) is 26.8 Å². The highest BCUT2D eigenvalue weighted by atomic mass is 32.3. The molecule has 0 aromatic carbocycles. The molecule has 458 valence electrons. The molecule has 0 aromatic rings. The summed E-state index contributed by atoms with van der Waals surface area (Å²) in [5.41, 5.74) is 9.80. The van der Waals surface area contributed by atoms with Crippen molar-refractivity contribution in [3.63, 3.8) is 0 Å². The first-order chi connectivity index (χ1) is 38.2. The summed E-state index contributed by atoms with van der Waals surface area (Å²) in [5, 5.41) is 27.8. The maximum Gasteiger partial charge on any atom is 0.406 e. The lowest BCUT2D eigenvalue weighted by Crippen LogP contribution is -2.44. The van der Waals surface area contributed by atoms with E-state index in [0.29, 0.717) is 19.3 Å². The Balaban J connectivity index is 0.000000493. The molecule has 0 saturated heterocycles. The van der Waals surface area contributed by atoms with Gasteiger partial charge in [0.2, 0.25) is 11.8 Å². The van der Waals surface area contributed by atoms with Crippen molar-refractivity contribution in [2.24, 2.45) is 11.5 Å². The molecule has 82 heavy (non-hydrogen) atoms. The third kappa shape index (κ3) is 36.9. The molecular formula is C40H55N9O27S6. The maximum atomic E-state index is 11.2. The fraction of sp³-hybridized carbons (Fsp3) is 0.575. The molecule has 0 saturated carbocycles. The number of carbonyl (C=O) groups excluding carboxylic acids is 3. The van der Waals surface area contributed by atoms with Crippen molar-refractivity contribution in [3.8, 4) is 71.0 Å². The molecule has 0 fully saturated rings. The van der Waals surface area contributed by atoms with E-state index in [1.807, 2.05) is 9.44 Å². The highest BCUT2D eigenvalue weighted by Crippen LogP contribution is 2.04. The van der Waals surface area contributed by atoms with E-state index in [1.54, 1.807) is 4.72 Å². The molecule has 3 amide bonds. The van der Waals surface area contributed by atoms with Gasteiger partial charge in [0.1, 0.15) is 18.7 Å². The number of nitrogens with two attached hydrogens (primary N) is 2. The second kappa shape index (κ2) is 37.0. The average molecular weight is 1290 g/mol. The van der Waals surface area contributed by atoms with Gasteiger partial charge in [0.15, 0.2) is 12.1 Å². The number of nitrogens with one attached hydrogen (secondary N) is 7. The molecule has 0 aliphatic carbocycles. The van der Waals surface area contributed by atoms with Crippen LogP contribution in [0.4, 0.5) is 4.79 Å². The number of alkyl carbamates (subject to hydrolysis) is 1. The Kier molecular flexibility index (Phi) is 33.3. The van der Waals surface area contributed by atoms with Crippen molar-refractivity contribution >= 4 is 91.7 Å². The van der Waals surface area contributed by atoms with Gasteiger partial charge in [-0.2, -0.15) is 78.8 Å². The lowest BCUT2D eigenvalue weighted by atomic mass is 10.2. The minimum atomic E-state index is -3.97. The molecule has 6 aliphatic heterocycles. The van der Waals surface area contributed by atoms with Crippen LogP contribution in [0.5, 0.6) is 0 Å². The van der Waals surface area contributed by atoms with Crippen molar-refractivity contribution in [1.29, 1.82) is 0 Å². The number of rotatable bonds is 9. The number of carbonyl (C=O) groups is 5. The summed E-state index contributed by atoms with van der Waals surface area (Å²) in [4.78, 5) is 52.7. The standard InChI is InChI=1S/C8H12N2O5S.C7H10N2O4S.C7H9NO5S.C6H8N2O4S.C6H7NO5S.C6H9NO4S/c1-9-8(11)14-6-7-4-2-3-5-15-16(12,13)10-7;8-7(10)5-6-3-1-2-4-13-14(11,12)9-6;9-7(10)5-6-3-1-2-4-13-14(11,12)8-6;7-6(9)5-3-1-2-4-12-13(10,11)8-5;8-6(9)5-3-1-2-4-12-13(10,11)7-5;8-5-6-3-1-2-4-11-12(9,10)7-6/h7,10H,3,5-6H2,1H3,(H,9,11);6,9H,2,4-5H2,(H2,8,10);6,8H,2,4-5H2,(H,9,10);5,8H,2,4H2,(H2,7,9);5,7H,2,4H2,(H,8,9);6-8H,2,4-5H2/t7-;2*6-;2*5-;6-/m111111/s1. The lowest BCUT2D eigenvalue weighted by molar-refractivity contribution is -0.138. The molecular weight excluding hydrogens is 1230 g/mol. The van der Waals surface area contributed by atoms with Crippen LogP contribution >= 0.6 is 0 Å². The lowest BCUT2D eigenvalue weighted by Gasteiger charge is -2.14. The fourth-order valence-corrected chi connectivity index (χ4v) is 9.98. The smallest absolute Gasteiger partial charge is 0.406 e. The van der Waals surface area contributed by atoms with Gasteiger partial charge in [0.25, 0.3) is 0 Å². The van der Waals surface area contributed by atoms with Gasteiger partial charge in [0, 0.05) is 45.6 Å². The molecule has 6 heterocycles. The molecule has 42 heteroatoms. The molecule has 0 bridgehead atoms. The zero-order valence-electron chi connectivity index (χ0n) is 42.5. The van der Waals surface area contributed by atoms with E-state index in [1.165, 1.54) is 7.05 Å². The van der Waals surface area contributed by atoms with Gasteiger partial charge in [-0.15, -0.1) is 0 Å². The molecule has 6 atom stereocenters. The number of hydrogen-bond acceptors (Lipinski definition) is 25. The Hall–Kier alpha value is -6.31. The van der Waals surface area contributed by atoms with E-state index >= 15 is 0 Å². The Labute approximate surface area is 472 Å². The number of hydrogen-bond donors (Lipinski definition) is 12. The van der Waals surface area contributed by atoms with Crippen molar-refractivity contribution in [3.05, 3.63) is 0 Å². The van der Waals surface area contributed by atoms with Crippen LogP contribution in [0.3, 0.4) is 0 Å². The first-order valence-corrected chi connectivity index (χ1v) is 31.0. The summed E-state index contributed by atoms with van der Waals surface area (Å²) >= 11 is 0. The number of primary amides is 2. The van der Waals surface area contributed by atoms with Gasteiger partial charge >= 0.3 is 79.9 Å². The van der Waals surface area contributed by atoms with Gasteiger partial charge in [-0.25, -0.2) is 9.59 Å². The Bertz CT molecular complexity index is 3190. The van der Waals surface area contributed by atoms with Crippen LogP contribution in [-0.2, 0) is 111 Å². The largest absolute Gasteiger partial charge is 0.481 e. The van der Waals surface area contributed by atoms with Gasteiger partial charge < -0.3 is 36.8 Å². The Morgan fingerprint density at radius 3 is 1.12 bits per heavy atom. The number of aliphatic carboxylic acids is 2. The third-order valence-electron chi connectivity index (χ3n) is 8.15.